The van der Waals surface area contributed by atoms with E-state index < -0.39 is 0 Å². The molecule has 4 heteroatoms. The molecule has 0 aromatic heterocycles. The lowest BCUT2D eigenvalue weighted by Gasteiger charge is -2.36. The van der Waals surface area contributed by atoms with Crippen LogP contribution >= 0.6 is 12.2 Å². The van der Waals surface area contributed by atoms with Gasteiger partial charge < -0.3 is 10.6 Å². The molecule has 2 aliphatic rings. The van der Waals surface area contributed by atoms with E-state index in [0.717, 1.165) is 24.7 Å². The third-order valence-corrected chi connectivity index (χ3v) is 4.44. The summed E-state index contributed by atoms with van der Waals surface area (Å²) < 4.78 is 0. The van der Waals surface area contributed by atoms with Crippen LogP contribution in [0.25, 0.3) is 0 Å². The maximum atomic E-state index is 5.71. The standard InChI is InChI=1S/C15H21N3S/c1-11-10-13(4-5-14(11)15(16)19)18-8-6-17(7-9-18)12-2-3-12/h4-5,10,12H,2-3,6-9H2,1H3,(H2,16,19). The lowest BCUT2D eigenvalue weighted by molar-refractivity contribution is 0.248. The van der Waals surface area contributed by atoms with Gasteiger partial charge in [0.2, 0.25) is 0 Å². The summed E-state index contributed by atoms with van der Waals surface area (Å²) in [4.78, 5) is 5.59. The highest BCUT2D eigenvalue weighted by Crippen LogP contribution is 2.28. The fourth-order valence-electron chi connectivity index (χ4n) is 2.91. The minimum absolute atomic E-state index is 0.489. The fraction of sp³-hybridized carbons (Fsp3) is 0.533. The molecule has 1 saturated carbocycles. The maximum Gasteiger partial charge on any atom is 0.104 e. The zero-order valence-corrected chi connectivity index (χ0v) is 12.2. The van der Waals surface area contributed by atoms with E-state index in [0.29, 0.717) is 4.99 Å². The average Bonchev–Trinajstić information content (AvgIpc) is 3.22. The van der Waals surface area contributed by atoms with Crippen molar-refractivity contribution < 1.29 is 0 Å². The van der Waals surface area contributed by atoms with E-state index in [1.54, 1.807) is 0 Å². The highest BCUT2D eigenvalue weighted by atomic mass is 32.1. The Kier molecular flexibility index (Phi) is 3.46. The molecule has 1 aliphatic heterocycles. The maximum absolute atomic E-state index is 5.71. The number of piperazine rings is 1. The van der Waals surface area contributed by atoms with Crippen LogP contribution in [0.15, 0.2) is 18.2 Å². The largest absolute Gasteiger partial charge is 0.389 e. The molecular weight excluding hydrogens is 254 g/mol. The van der Waals surface area contributed by atoms with Gasteiger partial charge in [0.1, 0.15) is 4.99 Å². The molecule has 102 valence electrons. The van der Waals surface area contributed by atoms with Crippen LogP contribution in [0.5, 0.6) is 0 Å². The van der Waals surface area contributed by atoms with E-state index in [9.17, 15) is 0 Å². The van der Waals surface area contributed by atoms with Crippen molar-refractivity contribution in [3.63, 3.8) is 0 Å². The average molecular weight is 275 g/mol. The first-order valence-corrected chi connectivity index (χ1v) is 7.45. The first-order valence-electron chi connectivity index (χ1n) is 7.04. The highest BCUT2D eigenvalue weighted by molar-refractivity contribution is 7.80. The summed E-state index contributed by atoms with van der Waals surface area (Å²) in [5.41, 5.74) is 9.18. The summed E-state index contributed by atoms with van der Waals surface area (Å²) in [6, 6.07) is 7.30. The Balaban J connectivity index is 1.69. The van der Waals surface area contributed by atoms with Crippen molar-refractivity contribution in [2.45, 2.75) is 25.8 Å². The Morgan fingerprint density at radius 1 is 1.21 bits per heavy atom. The Morgan fingerprint density at radius 3 is 2.42 bits per heavy atom. The van der Waals surface area contributed by atoms with Crippen LogP contribution in [0.1, 0.15) is 24.0 Å². The minimum Gasteiger partial charge on any atom is -0.389 e. The predicted octanol–water partition coefficient (Wildman–Crippen LogP) is 1.91. The number of hydrogen-bond acceptors (Lipinski definition) is 3. The van der Waals surface area contributed by atoms with E-state index in [2.05, 4.69) is 34.9 Å². The number of benzene rings is 1. The normalized spacial score (nSPS) is 20.6. The SMILES string of the molecule is Cc1cc(N2CCN(C3CC3)CC2)ccc1C(N)=S. The zero-order chi connectivity index (χ0) is 13.4. The Labute approximate surface area is 120 Å². The fourth-order valence-corrected chi connectivity index (χ4v) is 3.13. The number of nitrogens with two attached hydrogens (primary N) is 1. The van der Waals surface area contributed by atoms with Gasteiger partial charge in [-0.1, -0.05) is 12.2 Å². The summed E-state index contributed by atoms with van der Waals surface area (Å²) in [6.07, 6.45) is 2.81. The van der Waals surface area contributed by atoms with Gasteiger partial charge in [-0.2, -0.15) is 0 Å². The van der Waals surface area contributed by atoms with Gasteiger partial charge in [0, 0.05) is 43.5 Å². The molecule has 0 bridgehead atoms. The Hall–Kier alpha value is -1.13. The van der Waals surface area contributed by atoms with Crippen LogP contribution in [0.4, 0.5) is 5.69 Å². The van der Waals surface area contributed by atoms with E-state index in [4.69, 9.17) is 18.0 Å². The molecule has 0 spiro atoms. The summed E-state index contributed by atoms with van der Waals surface area (Å²) in [5.74, 6) is 0. The van der Waals surface area contributed by atoms with Gasteiger partial charge in [0.05, 0.1) is 0 Å². The zero-order valence-electron chi connectivity index (χ0n) is 11.4. The van der Waals surface area contributed by atoms with Crippen LogP contribution in [-0.4, -0.2) is 42.1 Å². The van der Waals surface area contributed by atoms with Gasteiger partial charge in [-0.15, -0.1) is 0 Å². The smallest absolute Gasteiger partial charge is 0.104 e. The predicted molar refractivity (Wildman–Crippen MR) is 83.9 cm³/mol. The van der Waals surface area contributed by atoms with Crippen LogP contribution < -0.4 is 10.6 Å². The van der Waals surface area contributed by atoms with E-state index in [-0.39, 0.29) is 0 Å². The number of aryl methyl sites for hydroxylation is 1. The van der Waals surface area contributed by atoms with Crippen molar-refractivity contribution in [3.05, 3.63) is 29.3 Å². The van der Waals surface area contributed by atoms with E-state index >= 15 is 0 Å². The molecular formula is C15H21N3S. The third kappa shape index (κ3) is 2.74. The molecule has 3 rings (SSSR count). The molecule has 19 heavy (non-hydrogen) atoms. The van der Waals surface area contributed by atoms with Gasteiger partial charge >= 0.3 is 0 Å². The van der Waals surface area contributed by atoms with Crippen molar-refractivity contribution in [2.24, 2.45) is 5.73 Å². The second-order valence-corrected chi connectivity index (χ2v) is 6.06. The van der Waals surface area contributed by atoms with Gasteiger partial charge in [-0.25, -0.2) is 0 Å². The molecule has 2 N–H and O–H groups in total. The molecule has 0 amide bonds. The van der Waals surface area contributed by atoms with E-state index in [1.165, 1.54) is 37.2 Å². The van der Waals surface area contributed by atoms with Gasteiger partial charge in [-0.05, 0) is 43.5 Å². The van der Waals surface area contributed by atoms with Gasteiger partial charge in [0.25, 0.3) is 0 Å². The minimum atomic E-state index is 0.489. The van der Waals surface area contributed by atoms with Gasteiger partial charge in [-0.3, -0.25) is 4.90 Å². The second-order valence-electron chi connectivity index (χ2n) is 5.62. The molecule has 2 fully saturated rings. The van der Waals surface area contributed by atoms with Crippen molar-refractivity contribution in [1.82, 2.24) is 4.90 Å². The van der Waals surface area contributed by atoms with Crippen LogP contribution in [0.3, 0.4) is 0 Å². The van der Waals surface area contributed by atoms with Crippen LogP contribution in [0.2, 0.25) is 0 Å². The van der Waals surface area contributed by atoms with Crippen LogP contribution in [0, 0.1) is 6.92 Å². The van der Waals surface area contributed by atoms with Crippen molar-refractivity contribution >= 4 is 22.9 Å². The second kappa shape index (κ2) is 5.10. The van der Waals surface area contributed by atoms with Gasteiger partial charge in [0.15, 0.2) is 0 Å². The molecule has 1 saturated heterocycles. The molecule has 3 nitrogen and oxygen atoms in total. The number of nitrogens with zero attached hydrogens (tertiary/aromatic N) is 2. The third-order valence-electron chi connectivity index (χ3n) is 4.22. The quantitative estimate of drug-likeness (QED) is 0.854. The summed E-state index contributed by atoms with van der Waals surface area (Å²) in [5, 5.41) is 0. The molecule has 1 aromatic carbocycles. The molecule has 1 aromatic rings. The summed E-state index contributed by atoms with van der Waals surface area (Å²) >= 11 is 5.06. The van der Waals surface area contributed by atoms with Crippen molar-refractivity contribution in [3.8, 4) is 0 Å². The monoisotopic (exact) mass is 275 g/mol. The van der Waals surface area contributed by atoms with Crippen LogP contribution in [-0.2, 0) is 0 Å². The summed E-state index contributed by atoms with van der Waals surface area (Å²) in [6.45, 7) is 6.73. The molecule has 0 radical (unpaired) electrons. The molecule has 1 heterocycles. The Bertz CT molecular complexity index is 488. The first-order chi connectivity index (χ1) is 9.15. The lowest BCUT2D eigenvalue weighted by atomic mass is 10.1. The number of anilines is 1. The summed E-state index contributed by atoms with van der Waals surface area (Å²) in [7, 11) is 0. The number of thiocarbonyl (C=S) groups is 1. The van der Waals surface area contributed by atoms with Crippen molar-refractivity contribution in [1.29, 1.82) is 0 Å². The number of rotatable bonds is 3. The highest BCUT2D eigenvalue weighted by Gasteiger charge is 2.31. The molecule has 0 unspecified atom stereocenters. The van der Waals surface area contributed by atoms with E-state index in [1.807, 2.05) is 0 Å². The van der Waals surface area contributed by atoms with Crippen molar-refractivity contribution in [2.75, 3.05) is 31.1 Å². The topological polar surface area (TPSA) is 32.5 Å². The number of hydrogen-bond donors (Lipinski definition) is 1. The lowest BCUT2D eigenvalue weighted by Crippen LogP contribution is -2.47. The molecule has 1 aliphatic carbocycles. The molecule has 0 atom stereocenters. The Morgan fingerprint density at radius 2 is 1.89 bits per heavy atom. The first kappa shape index (κ1) is 12.9.